The molecule has 2 atom stereocenters. The van der Waals surface area contributed by atoms with Crippen molar-refractivity contribution in [1.29, 1.82) is 0 Å². The first-order valence-electron chi connectivity index (χ1n) is 17.3. The van der Waals surface area contributed by atoms with Crippen molar-refractivity contribution in [1.82, 2.24) is 0 Å². The van der Waals surface area contributed by atoms with Crippen molar-refractivity contribution in [3.63, 3.8) is 0 Å². The topological polar surface area (TPSA) is 26.3 Å². The summed E-state index contributed by atoms with van der Waals surface area (Å²) in [5.74, 6) is 0.682. The van der Waals surface area contributed by atoms with Crippen molar-refractivity contribution < 1.29 is 9.53 Å². The van der Waals surface area contributed by atoms with Crippen LogP contribution in [0, 0.1) is 11.8 Å². The van der Waals surface area contributed by atoms with Crippen LogP contribution in [0.4, 0.5) is 0 Å². The smallest absolute Gasteiger partial charge is 0.308 e. The van der Waals surface area contributed by atoms with Gasteiger partial charge in [0.05, 0.1) is 12.5 Å². The van der Waals surface area contributed by atoms with E-state index in [1.165, 1.54) is 167 Å². The van der Waals surface area contributed by atoms with Crippen LogP contribution in [0.5, 0.6) is 0 Å². The van der Waals surface area contributed by atoms with E-state index in [0.717, 1.165) is 6.42 Å². The zero-order chi connectivity index (χ0) is 27.2. The molecule has 0 rings (SSSR count). The molecule has 2 heteroatoms. The number of carbonyl (C=O) groups excluding carboxylic acids is 1. The largest absolute Gasteiger partial charge is 0.465 e. The zero-order valence-electron chi connectivity index (χ0n) is 26.3. The first-order chi connectivity index (χ1) is 18.2. The summed E-state index contributed by atoms with van der Waals surface area (Å²) in [6.07, 6.45) is 36.1. The second-order valence-corrected chi connectivity index (χ2v) is 12.2. The fourth-order valence-corrected chi connectivity index (χ4v) is 5.49. The maximum absolute atomic E-state index is 12.6. The Labute approximate surface area is 234 Å². The number of hydrogen-bond donors (Lipinski definition) is 0. The van der Waals surface area contributed by atoms with Crippen molar-refractivity contribution >= 4 is 5.97 Å². The lowest BCUT2D eigenvalue weighted by Gasteiger charge is -2.19. The third-order valence-corrected chi connectivity index (χ3v) is 8.29. The molecule has 0 aliphatic carbocycles. The maximum Gasteiger partial charge on any atom is 0.308 e. The van der Waals surface area contributed by atoms with Gasteiger partial charge < -0.3 is 4.74 Å². The molecule has 0 aromatic heterocycles. The fraction of sp³-hybridized carbons (Fsp3) is 0.971. The summed E-state index contributed by atoms with van der Waals surface area (Å²) in [5, 5.41) is 0. The van der Waals surface area contributed by atoms with E-state index in [-0.39, 0.29) is 11.9 Å². The Morgan fingerprint density at radius 1 is 0.459 bits per heavy atom. The van der Waals surface area contributed by atoms with Crippen LogP contribution in [0.2, 0.25) is 0 Å². The van der Waals surface area contributed by atoms with E-state index in [2.05, 4.69) is 27.7 Å². The standard InChI is InChI=1S/C35H70O2/c1-5-8-11-14-16-17-18-19-20-21-23-25-28-31-34(30-27-13-10-7-3)32-37-35(36)33(4)29-26-24-22-15-12-9-6-2/h33-34H,5-32H2,1-4H3. The first kappa shape index (κ1) is 36.5. The van der Waals surface area contributed by atoms with E-state index >= 15 is 0 Å². The van der Waals surface area contributed by atoms with Gasteiger partial charge in [0.25, 0.3) is 0 Å². The number of hydrogen-bond acceptors (Lipinski definition) is 2. The third kappa shape index (κ3) is 26.8. The van der Waals surface area contributed by atoms with Gasteiger partial charge in [-0.1, -0.05) is 182 Å². The lowest BCUT2D eigenvalue weighted by atomic mass is 9.94. The molecule has 0 aromatic rings. The van der Waals surface area contributed by atoms with Crippen LogP contribution in [-0.2, 0) is 9.53 Å². The molecule has 0 aromatic carbocycles. The van der Waals surface area contributed by atoms with E-state index in [1.54, 1.807) is 0 Å². The van der Waals surface area contributed by atoms with Crippen LogP contribution in [0.25, 0.3) is 0 Å². The van der Waals surface area contributed by atoms with E-state index in [0.29, 0.717) is 12.5 Å². The molecule has 0 aliphatic heterocycles. The van der Waals surface area contributed by atoms with Gasteiger partial charge in [0.15, 0.2) is 0 Å². The first-order valence-corrected chi connectivity index (χ1v) is 17.3. The molecule has 0 bridgehead atoms. The van der Waals surface area contributed by atoms with E-state index < -0.39 is 0 Å². The van der Waals surface area contributed by atoms with Gasteiger partial charge >= 0.3 is 5.97 Å². The lowest BCUT2D eigenvalue weighted by molar-refractivity contribution is -0.149. The Morgan fingerprint density at radius 3 is 1.14 bits per heavy atom. The van der Waals surface area contributed by atoms with Gasteiger partial charge in [-0.25, -0.2) is 0 Å². The Morgan fingerprint density at radius 2 is 0.757 bits per heavy atom. The molecule has 0 aliphatic rings. The number of unbranched alkanes of at least 4 members (excludes halogenated alkanes) is 21. The van der Waals surface area contributed by atoms with Gasteiger partial charge in [-0.3, -0.25) is 4.79 Å². The van der Waals surface area contributed by atoms with Gasteiger partial charge in [0.2, 0.25) is 0 Å². The average Bonchev–Trinajstić information content (AvgIpc) is 2.90. The Hall–Kier alpha value is -0.530. The molecule has 0 fully saturated rings. The summed E-state index contributed by atoms with van der Waals surface area (Å²) in [6.45, 7) is 9.57. The average molecular weight is 523 g/mol. The molecular weight excluding hydrogens is 452 g/mol. The normalized spacial score (nSPS) is 13.1. The van der Waals surface area contributed by atoms with E-state index in [9.17, 15) is 4.79 Å². The highest BCUT2D eigenvalue weighted by Crippen LogP contribution is 2.21. The molecule has 37 heavy (non-hydrogen) atoms. The van der Waals surface area contributed by atoms with Gasteiger partial charge in [-0.05, 0) is 25.2 Å². The predicted molar refractivity (Wildman–Crippen MR) is 165 cm³/mol. The third-order valence-electron chi connectivity index (χ3n) is 8.29. The molecule has 2 unspecified atom stereocenters. The number of carbonyl (C=O) groups is 1. The fourth-order valence-electron chi connectivity index (χ4n) is 5.49. The van der Waals surface area contributed by atoms with Crippen molar-refractivity contribution in [2.24, 2.45) is 11.8 Å². The minimum Gasteiger partial charge on any atom is -0.465 e. The molecule has 0 heterocycles. The van der Waals surface area contributed by atoms with Gasteiger partial charge in [0.1, 0.15) is 0 Å². The summed E-state index contributed by atoms with van der Waals surface area (Å²) < 4.78 is 5.86. The van der Waals surface area contributed by atoms with Crippen LogP contribution in [0.1, 0.15) is 201 Å². The molecule has 0 N–H and O–H groups in total. The monoisotopic (exact) mass is 523 g/mol. The second-order valence-electron chi connectivity index (χ2n) is 12.2. The van der Waals surface area contributed by atoms with E-state index in [4.69, 9.17) is 4.74 Å². The second kappa shape index (κ2) is 30.0. The highest BCUT2D eigenvalue weighted by atomic mass is 16.5. The molecular formula is C35H70O2. The van der Waals surface area contributed by atoms with Crippen molar-refractivity contribution in [2.75, 3.05) is 6.61 Å². The molecule has 2 nitrogen and oxygen atoms in total. The molecule has 0 saturated heterocycles. The minimum absolute atomic E-state index is 0.0508. The summed E-state index contributed by atoms with van der Waals surface area (Å²) in [4.78, 5) is 12.6. The molecule has 0 amide bonds. The van der Waals surface area contributed by atoms with Crippen molar-refractivity contribution in [3.05, 3.63) is 0 Å². The summed E-state index contributed by atoms with van der Waals surface area (Å²) in [6, 6.07) is 0. The summed E-state index contributed by atoms with van der Waals surface area (Å²) >= 11 is 0. The molecule has 222 valence electrons. The maximum atomic E-state index is 12.6. The van der Waals surface area contributed by atoms with Gasteiger partial charge in [-0.15, -0.1) is 0 Å². The zero-order valence-corrected chi connectivity index (χ0v) is 26.3. The van der Waals surface area contributed by atoms with Crippen LogP contribution < -0.4 is 0 Å². The molecule has 0 spiro atoms. The van der Waals surface area contributed by atoms with Crippen LogP contribution in [0.3, 0.4) is 0 Å². The highest BCUT2D eigenvalue weighted by molar-refractivity contribution is 5.71. The summed E-state index contributed by atoms with van der Waals surface area (Å²) in [7, 11) is 0. The van der Waals surface area contributed by atoms with Crippen molar-refractivity contribution in [2.45, 2.75) is 201 Å². The lowest BCUT2D eigenvalue weighted by Crippen LogP contribution is -2.20. The van der Waals surface area contributed by atoms with Crippen LogP contribution in [-0.4, -0.2) is 12.6 Å². The number of rotatable bonds is 30. The van der Waals surface area contributed by atoms with Gasteiger partial charge in [-0.2, -0.15) is 0 Å². The Balaban J connectivity index is 3.94. The Bertz CT molecular complexity index is 447. The van der Waals surface area contributed by atoms with Crippen LogP contribution in [0.15, 0.2) is 0 Å². The van der Waals surface area contributed by atoms with Crippen molar-refractivity contribution in [3.8, 4) is 0 Å². The minimum atomic E-state index is 0.0508. The quantitative estimate of drug-likeness (QED) is 0.0692. The highest BCUT2D eigenvalue weighted by Gasteiger charge is 2.17. The molecule has 0 saturated carbocycles. The van der Waals surface area contributed by atoms with Gasteiger partial charge in [0, 0.05) is 0 Å². The Kier molecular flexibility index (Phi) is 29.6. The SMILES string of the molecule is CCCCCCCCCCCCCCCC(CCCCCC)COC(=O)C(C)CCCCCCCCC. The number of ether oxygens (including phenoxy) is 1. The van der Waals surface area contributed by atoms with E-state index in [1.807, 2.05) is 0 Å². The predicted octanol–water partition coefficient (Wildman–Crippen LogP) is 12.4. The summed E-state index contributed by atoms with van der Waals surface area (Å²) in [5.41, 5.74) is 0. The molecule has 0 radical (unpaired) electrons. The van der Waals surface area contributed by atoms with Crippen LogP contribution >= 0.6 is 0 Å². The number of esters is 1.